The summed E-state index contributed by atoms with van der Waals surface area (Å²) >= 11 is 0. The van der Waals surface area contributed by atoms with Gasteiger partial charge in [0.15, 0.2) is 0 Å². The van der Waals surface area contributed by atoms with Crippen LogP contribution >= 0.6 is 0 Å². The smallest absolute Gasteiger partial charge is 0.000533 e. The van der Waals surface area contributed by atoms with Crippen LogP contribution < -0.4 is 5.32 Å². The van der Waals surface area contributed by atoms with E-state index < -0.39 is 0 Å². The minimum Gasteiger partial charge on any atom is -0.319 e. The minimum atomic E-state index is 0.516. The number of nitrogens with one attached hydrogen (secondary N) is 1. The molecule has 4 fully saturated rings. The largest absolute Gasteiger partial charge is 0.319 e. The Morgan fingerprint density at radius 3 is 2.37 bits per heavy atom. The van der Waals surface area contributed by atoms with E-state index in [1.165, 1.54) is 45.1 Å². The second kappa shape index (κ2) is 4.09. The lowest BCUT2D eigenvalue weighted by atomic mass is 9.43. The van der Waals surface area contributed by atoms with Gasteiger partial charge in [-0.2, -0.15) is 0 Å². The van der Waals surface area contributed by atoms with Gasteiger partial charge in [0.1, 0.15) is 0 Å². The van der Waals surface area contributed by atoms with Crippen LogP contribution in [0.1, 0.15) is 44.1 Å². The number of rotatable bonds is 3. The van der Waals surface area contributed by atoms with Crippen molar-refractivity contribution < 1.29 is 0 Å². The Morgan fingerprint density at radius 2 is 1.74 bits per heavy atom. The van der Waals surface area contributed by atoms with Gasteiger partial charge in [-0.3, -0.25) is 0 Å². The van der Waals surface area contributed by atoms with Crippen LogP contribution in [0, 0.1) is 17.3 Å². The standard InChI is InChI=1S/C18H25N/c1-19-13-17-8-14-7-15(9-17)11-18(10-14,12-17)16-5-3-2-4-6-16/h2-6,14-15,19H,7-13H2,1H3. The molecule has 0 saturated heterocycles. The summed E-state index contributed by atoms with van der Waals surface area (Å²) in [6, 6.07) is 11.4. The Bertz CT molecular complexity index is 450. The molecule has 4 aliphatic rings. The van der Waals surface area contributed by atoms with E-state index in [2.05, 4.69) is 42.7 Å². The molecule has 5 rings (SSSR count). The second-order valence-corrected chi connectivity index (χ2v) is 7.64. The van der Waals surface area contributed by atoms with Crippen LogP contribution in [0.25, 0.3) is 0 Å². The monoisotopic (exact) mass is 255 g/mol. The van der Waals surface area contributed by atoms with Gasteiger partial charge in [0, 0.05) is 6.54 Å². The normalized spacial score (nSPS) is 43.6. The van der Waals surface area contributed by atoms with Crippen molar-refractivity contribution in [1.29, 1.82) is 0 Å². The van der Waals surface area contributed by atoms with Crippen molar-refractivity contribution in [2.24, 2.45) is 17.3 Å². The van der Waals surface area contributed by atoms with Crippen LogP contribution in [0.2, 0.25) is 0 Å². The number of benzene rings is 1. The molecule has 1 heteroatoms. The molecule has 0 heterocycles. The Balaban J connectivity index is 1.74. The molecule has 1 nitrogen and oxygen atoms in total. The van der Waals surface area contributed by atoms with Crippen molar-refractivity contribution in [1.82, 2.24) is 5.32 Å². The topological polar surface area (TPSA) is 12.0 Å². The molecule has 4 aliphatic carbocycles. The molecule has 4 saturated carbocycles. The van der Waals surface area contributed by atoms with Gasteiger partial charge in [-0.15, -0.1) is 0 Å². The first-order chi connectivity index (χ1) is 9.24. The Hall–Kier alpha value is -0.820. The zero-order chi connectivity index (χ0) is 12.9. The number of hydrogen-bond acceptors (Lipinski definition) is 1. The van der Waals surface area contributed by atoms with Gasteiger partial charge >= 0.3 is 0 Å². The van der Waals surface area contributed by atoms with Crippen molar-refractivity contribution in [3.05, 3.63) is 35.9 Å². The van der Waals surface area contributed by atoms with Crippen molar-refractivity contribution >= 4 is 0 Å². The molecule has 0 aromatic heterocycles. The van der Waals surface area contributed by atoms with Crippen LogP contribution in [0.5, 0.6) is 0 Å². The van der Waals surface area contributed by atoms with E-state index >= 15 is 0 Å². The third-order valence-corrected chi connectivity index (χ3v) is 6.12. The summed E-state index contributed by atoms with van der Waals surface area (Å²) in [6.07, 6.45) is 8.83. The maximum Gasteiger partial charge on any atom is 0.000533 e. The van der Waals surface area contributed by atoms with Gasteiger partial charge < -0.3 is 5.32 Å². The highest BCUT2D eigenvalue weighted by Crippen LogP contribution is 2.65. The molecule has 0 radical (unpaired) electrons. The predicted molar refractivity (Wildman–Crippen MR) is 79.2 cm³/mol. The molecule has 1 aromatic rings. The summed E-state index contributed by atoms with van der Waals surface area (Å²) in [5.74, 6) is 1.99. The minimum absolute atomic E-state index is 0.516. The van der Waals surface area contributed by atoms with Crippen LogP contribution in [0.3, 0.4) is 0 Å². The molecule has 102 valence electrons. The lowest BCUT2D eigenvalue weighted by Crippen LogP contribution is -2.56. The quantitative estimate of drug-likeness (QED) is 0.867. The SMILES string of the molecule is CNCC12CC3CC(C1)CC(c1ccccc1)(C3)C2. The zero-order valence-corrected chi connectivity index (χ0v) is 12.0. The summed E-state index contributed by atoms with van der Waals surface area (Å²) in [6.45, 7) is 1.23. The Labute approximate surface area is 116 Å². The summed E-state index contributed by atoms with van der Waals surface area (Å²) < 4.78 is 0. The zero-order valence-electron chi connectivity index (χ0n) is 12.0. The lowest BCUT2D eigenvalue weighted by molar-refractivity contribution is -0.0699. The summed E-state index contributed by atoms with van der Waals surface area (Å²) in [4.78, 5) is 0. The van der Waals surface area contributed by atoms with Gasteiger partial charge in [0.2, 0.25) is 0 Å². The highest BCUT2D eigenvalue weighted by Gasteiger charge is 2.57. The van der Waals surface area contributed by atoms with Gasteiger partial charge in [0.25, 0.3) is 0 Å². The maximum absolute atomic E-state index is 3.49. The molecule has 1 N–H and O–H groups in total. The van der Waals surface area contributed by atoms with E-state index in [0.29, 0.717) is 10.8 Å². The molecule has 19 heavy (non-hydrogen) atoms. The van der Waals surface area contributed by atoms with Crippen molar-refractivity contribution in [2.75, 3.05) is 13.6 Å². The molecule has 0 amide bonds. The van der Waals surface area contributed by atoms with Crippen molar-refractivity contribution in [3.8, 4) is 0 Å². The maximum atomic E-state index is 3.49. The third-order valence-electron chi connectivity index (χ3n) is 6.12. The first-order valence-corrected chi connectivity index (χ1v) is 7.94. The molecule has 2 atom stereocenters. The average Bonchev–Trinajstić information content (AvgIpc) is 2.38. The predicted octanol–water partition coefficient (Wildman–Crippen LogP) is 3.74. The summed E-state index contributed by atoms with van der Waals surface area (Å²) in [5, 5.41) is 3.49. The summed E-state index contributed by atoms with van der Waals surface area (Å²) in [5.41, 5.74) is 2.75. The molecule has 0 spiro atoms. The molecule has 2 unspecified atom stereocenters. The van der Waals surface area contributed by atoms with E-state index in [-0.39, 0.29) is 0 Å². The van der Waals surface area contributed by atoms with E-state index in [9.17, 15) is 0 Å². The van der Waals surface area contributed by atoms with Gasteiger partial charge in [-0.1, -0.05) is 30.3 Å². The van der Waals surface area contributed by atoms with Gasteiger partial charge in [-0.05, 0) is 73.8 Å². The third kappa shape index (κ3) is 1.78. The fraction of sp³-hybridized carbons (Fsp3) is 0.667. The van der Waals surface area contributed by atoms with Gasteiger partial charge in [0.05, 0.1) is 0 Å². The fourth-order valence-corrected chi connectivity index (χ4v) is 6.16. The van der Waals surface area contributed by atoms with E-state index in [1.807, 2.05) is 0 Å². The molecular weight excluding hydrogens is 230 g/mol. The van der Waals surface area contributed by atoms with Crippen molar-refractivity contribution in [3.63, 3.8) is 0 Å². The number of hydrogen-bond donors (Lipinski definition) is 1. The first kappa shape index (κ1) is 12.0. The van der Waals surface area contributed by atoms with E-state index in [1.54, 1.807) is 5.56 Å². The second-order valence-electron chi connectivity index (χ2n) is 7.64. The lowest BCUT2D eigenvalue weighted by Gasteiger charge is -2.62. The van der Waals surface area contributed by atoms with Crippen LogP contribution in [-0.4, -0.2) is 13.6 Å². The highest BCUT2D eigenvalue weighted by atomic mass is 14.8. The van der Waals surface area contributed by atoms with Crippen LogP contribution in [0.15, 0.2) is 30.3 Å². The van der Waals surface area contributed by atoms with Crippen molar-refractivity contribution in [2.45, 2.75) is 43.9 Å². The molecule has 0 aliphatic heterocycles. The highest BCUT2D eigenvalue weighted by molar-refractivity contribution is 5.30. The van der Waals surface area contributed by atoms with Crippen LogP contribution in [-0.2, 0) is 5.41 Å². The van der Waals surface area contributed by atoms with E-state index in [4.69, 9.17) is 0 Å². The fourth-order valence-electron chi connectivity index (χ4n) is 6.16. The Kier molecular flexibility index (Phi) is 2.57. The molecule has 1 aromatic carbocycles. The molecule has 4 bridgehead atoms. The van der Waals surface area contributed by atoms with E-state index in [0.717, 1.165) is 11.8 Å². The molecular formula is C18H25N. The van der Waals surface area contributed by atoms with Gasteiger partial charge in [-0.25, -0.2) is 0 Å². The Morgan fingerprint density at radius 1 is 1.05 bits per heavy atom. The first-order valence-electron chi connectivity index (χ1n) is 7.94. The van der Waals surface area contributed by atoms with Crippen LogP contribution in [0.4, 0.5) is 0 Å². The summed E-state index contributed by atoms with van der Waals surface area (Å²) in [7, 11) is 2.13. The average molecular weight is 255 g/mol.